The minimum absolute atomic E-state index is 0.167. The van der Waals surface area contributed by atoms with Crippen LogP contribution in [0, 0.1) is 23.2 Å². The Kier molecular flexibility index (Phi) is 7.50. The van der Waals surface area contributed by atoms with Gasteiger partial charge in [0.25, 0.3) is 6.47 Å². The predicted molar refractivity (Wildman–Crippen MR) is 113 cm³/mol. The van der Waals surface area contributed by atoms with Crippen LogP contribution in [0.15, 0.2) is 29.2 Å². The first-order valence-electron chi connectivity index (χ1n) is 10.8. The molecule has 3 heterocycles. The van der Waals surface area contributed by atoms with Gasteiger partial charge in [0.05, 0.1) is 10.5 Å². The van der Waals surface area contributed by atoms with Crippen LogP contribution in [0.4, 0.5) is 0 Å². The van der Waals surface area contributed by atoms with Gasteiger partial charge in [0.15, 0.2) is 0 Å². The normalized spacial score (nSPS) is 29.1. The maximum atomic E-state index is 13.4. The molecule has 3 saturated heterocycles. The second-order valence-electron chi connectivity index (χ2n) is 8.45. The van der Waals surface area contributed by atoms with Gasteiger partial charge in [0.1, 0.15) is 6.07 Å². The lowest BCUT2D eigenvalue weighted by Gasteiger charge is -2.56. The van der Waals surface area contributed by atoms with Crippen LogP contribution in [0.5, 0.6) is 0 Å². The number of carboxylic acid groups (broad SMARTS) is 1. The number of carbonyl (C=O) groups is 1. The number of benzene rings is 1. The first-order chi connectivity index (χ1) is 14.5. The van der Waals surface area contributed by atoms with E-state index in [-0.39, 0.29) is 16.9 Å². The quantitative estimate of drug-likeness (QED) is 0.733. The Morgan fingerprint density at radius 1 is 1.23 bits per heavy atom. The molecule has 2 bridgehead atoms. The zero-order valence-electron chi connectivity index (χ0n) is 17.5. The molecule has 0 unspecified atom stereocenters. The summed E-state index contributed by atoms with van der Waals surface area (Å²) >= 11 is 0. The van der Waals surface area contributed by atoms with E-state index in [1.54, 1.807) is 28.6 Å². The topological polar surface area (TPSA) is 102 Å². The summed E-state index contributed by atoms with van der Waals surface area (Å²) in [7, 11) is -3.63. The molecule has 3 fully saturated rings. The van der Waals surface area contributed by atoms with E-state index in [4.69, 9.17) is 9.90 Å². The minimum atomic E-state index is -3.63. The summed E-state index contributed by atoms with van der Waals surface area (Å²) in [5.74, 6) is 0.822. The van der Waals surface area contributed by atoms with Gasteiger partial charge in [-0.25, -0.2) is 8.42 Å². The smallest absolute Gasteiger partial charge is 0.290 e. The third-order valence-corrected chi connectivity index (χ3v) is 8.69. The van der Waals surface area contributed by atoms with Crippen molar-refractivity contribution in [3.63, 3.8) is 0 Å². The van der Waals surface area contributed by atoms with Gasteiger partial charge in [-0.3, -0.25) is 9.69 Å². The molecule has 1 aromatic carbocycles. The van der Waals surface area contributed by atoms with Gasteiger partial charge in [-0.1, -0.05) is 31.9 Å². The van der Waals surface area contributed by atoms with Crippen LogP contribution < -0.4 is 0 Å². The molecule has 0 spiro atoms. The standard InChI is InChI=1S/C21H29N3O2S.CH2O2/c1-2-7-19-17-12-18(20-9-5-6-11-24(19)20)15-23(14-17)27(25,26)21-10-4-3-8-16(21)13-22;2-1-3/h3-4,8,10,17-20H,2,5-7,9,11-12,14-15H2,1H3;1H,(H,2,3)/t17-,18+,19-,20-;/m0./s1. The van der Waals surface area contributed by atoms with E-state index in [0.29, 0.717) is 37.0 Å². The van der Waals surface area contributed by atoms with Gasteiger partial charge in [0, 0.05) is 25.2 Å². The van der Waals surface area contributed by atoms with Crippen molar-refractivity contribution in [2.75, 3.05) is 19.6 Å². The molecular formula is C22H31N3O4S. The highest BCUT2D eigenvalue weighted by Crippen LogP contribution is 2.43. The summed E-state index contributed by atoms with van der Waals surface area (Å²) in [6.07, 6.45) is 7.16. The van der Waals surface area contributed by atoms with Crippen molar-refractivity contribution in [1.29, 1.82) is 5.26 Å². The van der Waals surface area contributed by atoms with Crippen LogP contribution in [0.25, 0.3) is 0 Å². The van der Waals surface area contributed by atoms with Gasteiger partial charge in [-0.05, 0) is 56.2 Å². The molecule has 3 aliphatic heterocycles. The lowest BCUT2D eigenvalue weighted by molar-refractivity contribution is -0.122. The molecule has 3 aliphatic rings. The second kappa shape index (κ2) is 9.90. The minimum Gasteiger partial charge on any atom is -0.483 e. The first-order valence-corrected chi connectivity index (χ1v) is 12.2. The highest BCUT2D eigenvalue weighted by molar-refractivity contribution is 7.89. The zero-order valence-corrected chi connectivity index (χ0v) is 18.3. The van der Waals surface area contributed by atoms with Crippen molar-refractivity contribution >= 4 is 16.5 Å². The van der Waals surface area contributed by atoms with E-state index in [2.05, 4.69) is 17.9 Å². The summed E-state index contributed by atoms with van der Waals surface area (Å²) in [4.78, 5) is 11.2. The number of nitriles is 1. The molecule has 0 aliphatic carbocycles. The van der Waals surface area contributed by atoms with Crippen LogP contribution in [0.1, 0.15) is 51.0 Å². The van der Waals surface area contributed by atoms with Crippen molar-refractivity contribution in [2.24, 2.45) is 11.8 Å². The summed E-state index contributed by atoms with van der Waals surface area (Å²) < 4.78 is 28.5. The largest absolute Gasteiger partial charge is 0.483 e. The third kappa shape index (κ3) is 4.39. The number of piperidine rings is 3. The molecule has 0 radical (unpaired) electrons. The lowest BCUT2D eigenvalue weighted by atomic mass is 9.72. The van der Waals surface area contributed by atoms with Crippen LogP contribution in [0.3, 0.4) is 0 Å². The Balaban J connectivity index is 0.000000806. The third-order valence-electron chi connectivity index (χ3n) is 6.80. The molecule has 0 aromatic heterocycles. The Morgan fingerprint density at radius 2 is 1.93 bits per heavy atom. The Hall–Kier alpha value is -1.95. The molecule has 8 heteroatoms. The maximum Gasteiger partial charge on any atom is 0.290 e. The fourth-order valence-corrected chi connectivity index (χ4v) is 7.37. The van der Waals surface area contributed by atoms with E-state index < -0.39 is 10.0 Å². The number of nitrogens with zero attached hydrogens (tertiary/aromatic N) is 3. The number of hydrogen-bond donors (Lipinski definition) is 1. The molecule has 4 rings (SSSR count). The summed E-state index contributed by atoms with van der Waals surface area (Å²) in [6.45, 7) is 4.34. The lowest BCUT2D eigenvalue weighted by Crippen LogP contribution is -2.64. The van der Waals surface area contributed by atoms with Gasteiger partial charge in [-0.2, -0.15) is 9.57 Å². The highest BCUT2D eigenvalue weighted by atomic mass is 32.2. The monoisotopic (exact) mass is 433 g/mol. The Bertz CT molecular complexity index is 883. The van der Waals surface area contributed by atoms with Crippen LogP contribution >= 0.6 is 0 Å². The summed E-state index contributed by atoms with van der Waals surface area (Å²) in [5, 5.41) is 16.3. The van der Waals surface area contributed by atoms with Crippen molar-refractivity contribution in [3.05, 3.63) is 29.8 Å². The van der Waals surface area contributed by atoms with Crippen molar-refractivity contribution in [1.82, 2.24) is 9.21 Å². The van der Waals surface area contributed by atoms with Crippen LogP contribution in [0.2, 0.25) is 0 Å². The average Bonchev–Trinajstić information content (AvgIpc) is 2.77. The maximum absolute atomic E-state index is 13.4. The summed E-state index contributed by atoms with van der Waals surface area (Å²) in [5.41, 5.74) is 0.248. The van der Waals surface area contributed by atoms with Gasteiger partial charge in [0.2, 0.25) is 10.0 Å². The van der Waals surface area contributed by atoms with Crippen molar-refractivity contribution in [3.8, 4) is 6.07 Å². The zero-order chi connectivity index (χ0) is 21.7. The molecule has 1 aromatic rings. The first kappa shape index (κ1) is 22.7. The molecule has 4 atom stereocenters. The predicted octanol–water partition coefficient (Wildman–Crippen LogP) is 2.92. The van der Waals surface area contributed by atoms with Gasteiger partial charge >= 0.3 is 0 Å². The number of hydrogen-bond acceptors (Lipinski definition) is 5. The van der Waals surface area contributed by atoms with E-state index in [1.165, 1.54) is 25.8 Å². The summed E-state index contributed by atoms with van der Waals surface area (Å²) in [6, 6.07) is 9.68. The van der Waals surface area contributed by atoms with E-state index in [9.17, 15) is 13.7 Å². The molecule has 7 nitrogen and oxygen atoms in total. The molecule has 30 heavy (non-hydrogen) atoms. The SMILES string of the molecule is CCC[C@H]1[C@H]2C[C@H](CN(S(=O)(=O)c3ccccc3C#N)C2)[C@@H]2CCCCN21.O=CO. The van der Waals surface area contributed by atoms with Gasteiger partial charge < -0.3 is 5.11 Å². The molecular weight excluding hydrogens is 402 g/mol. The highest BCUT2D eigenvalue weighted by Gasteiger charge is 2.49. The molecule has 1 N–H and O–H groups in total. The van der Waals surface area contributed by atoms with E-state index >= 15 is 0 Å². The Morgan fingerprint density at radius 3 is 2.63 bits per heavy atom. The average molecular weight is 434 g/mol. The molecule has 0 amide bonds. The van der Waals surface area contributed by atoms with Crippen LogP contribution in [-0.2, 0) is 14.8 Å². The number of sulfonamides is 1. The number of rotatable bonds is 4. The molecule has 0 saturated carbocycles. The Labute approximate surface area is 179 Å². The molecule has 164 valence electrons. The van der Waals surface area contributed by atoms with Crippen molar-refractivity contribution in [2.45, 2.75) is 62.4 Å². The van der Waals surface area contributed by atoms with Gasteiger partial charge in [-0.15, -0.1) is 0 Å². The second-order valence-corrected chi connectivity index (χ2v) is 10.4. The fraction of sp³-hybridized carbons (Fsp3) is 0.636. The van der Waals surface area contributed by atoms with Crippen LogP contribution in [-0.4, -0.2) is 60.9 Å². The fourth-order valence-electron chi connectivity index (χ4n) is 5.68. The van der Waals surface area contributed by atoms with Crippen molar-refractivity contribution < 1.29 is 18.3 Å². The number of fused-ring (bicyclic) bond motifs is 4. The van der Waals surface area contributed by atoms with E-state index in [0.717, 1.165) is 19.3 Å². The van der Waals surface area contributed by atoms with E-state index in [1.807, 2.05) is 0 Å².